The number of hydrogen-bond acceptors (Lipinski definition) is 2. The lowest BCUT2D eigenvalue weighted by molar-refractivity contribution is 0.151. The summed E-state index contributed by atoms with van der Waals surface area (Å²) in [5.41, 5.74) is 0. The Morgan fingerprint density at radius 3 is 2.25 bits per heavy atom. The molecule has 0 bridgehead atoms. The summed E-state index contributed by atoms with van der Waals surface area (Å²) in [5.74, 6) is 1.31. The monoisotopic (exact) mass is 171 g/mol. The van der Waals surface area contributed by atoms with Crippen molar-refractivity contribution in [2.24, 2.45) is 11.8 Å². The molecule has 0 fully saturated rings. The van der Waals surface area contributed by atoms with Crippen LogP contribution in [0.4, 0.5) is 0 Å². The molecule has 0 aliphatic rings. The first-order valence-corrected chi connectivity index (χ1v) is 4.64. The molecule has 2 nitrogen and oxygen atoms in total. The van der Waals surface area contributed by atoms with Crippen molar-refractivity contribution in [3.05, 3.63) is 0 Å². The molecule has 0 rings (SSSR count). The van der Waals surface area contributed by atoms with E-state index in [4.69, 9.17) is 4.74 Å². The van der Waals surface area contributed by atoms with Crippen LogP contribution in [0.2, 0.25) is 0 Å². The van der Waals surface area contributed by atoms with E-state index in [1.54, 1.807) is 0 Å². The zero-order chi connectivity index (χ0) is 9.56. The quantitative estimate of drug-likeness (QED) is 0.614. The lowest BCUT2D eigenvalue weighted by atomic mass is 9.89. The molecule has 0 saturated carbocycles. The van der Waals surface area contributed by atoms with Gasteiger partial charge in [-0.05, 0) is 25.2 Å². The molecular weight excluding hydrogens is 152 g/mol. The second-order valence-corrected chi connectivity index (χ2v) is 3.61. The highest BCUT2D eigenvalue weighted by Crippen LogP contribution is 2.20. The molecule has 0 saturated heterocycles. The fourth-order valence-corrected chi connectivity index (χ4v) is 1.29. The zero-order valence-electron chi connectivity index (χ0n) is 8.46. The third-order valence-electron chi connectivity index (χ3n) is 2.57. The number of ether oxygens (including phenoxy) is 1. The van der Waals surface area contributed by atoms with Crippen LogP contribution in [0.25, 0.3) is 0 Å². The lowest BCUT2D eigenvalue weighted by Crippen LogP contribution is -2.16. The largest absolute Gasteiger partial charge is 0.454 e. The zero-order valence-corrected chi connectivity index (χ0v) is 8.46. The van der Waals surface area contributed by atoms with Gasteiger partial charge in [0.2, 0.25) is 0 Å². The average molecular weight is 171 g/mol. The molecule has 2 heteroatoms. The van der Waals surface area contributed by atoms with Gasteiger partial charge in [-0.3, -0.25) is 0 Å². The van der Waals surface area contributed by atoms with Crippen LogP contribution < -0.4 is 0 Å². The minimum Gasteiger partial charge on any atom is -0.454 e. The second kappa shape index (κ2) is 6.04. The second-order valence-electron chi connectivity index (χ2n) is 3.61. The highest BCUT2D eigenvalue weighted by atomic mass is 16.5. The molecule has 0 aliphatic carbocycles. The van der Waals surface area contributed by atoms with E-state index in [1.165, 1.54) is 12.9 Å². The highest BCUT2D eigenvalue weighted by molar-refractivity contribution is 5.38. The summed E-state index contributed by atoms with van der Waals surface area (Å²) < 4.78 is 4.70. The van der Waals surface area contributed by atoms with Gasteiger partial charge in [-0.1, -0.05) is 27.2 Å². The van der Waals surface area contributed by atoms with E-state index in [1.807, 2.05) is 6.92 Å². The van der Waals surface area contributed by atoms with Crippen LogP contribution in [-0.2, 0) is 9.53 Å². The van der Waals surface area contributed by atoms with E-state index in [0.717, 1.165) is 6.42 Å². The Morgan fingerprint density at radius 1 is 1.25 bits per heavy atom. The maximum absolute atomic E-state index is 9.89. The molecule has 3 unspecified atom stereocenters. The van der Waals surface area contributed by atoms with Crippen LogP contribution in [0.1, 0.15) is 40.5 Å². The third-order valence-corrected chi connectivity index (χ3v) is 2.57. The van der Waals surface area contributed by atoms with Gasteiger partial charge in [0.1, 0.15) is 0 Å². The Kier molecular flexibility index (Phi) is 5.77. The summed E-state index contributed by atoms with van der Waals surface area (Å²) in [6.45, 7) is 9.98. The van der Waals surface area contributed by atoms with Gasteiger partial charge in [0, 0.05) is 0 Å². The average Bonchev–Trinajstić information content (AvgIpc) is 2.03. The molecule has 71 valence electrons. The van der Waals surface area contributed by atoms with Crippen LogP contribution >= 0.6 is 0 Å². The van der Waals surface area contributed by atoms with Crippen LogP contribution in [0, 0.1) is 11.8 Å². The molecular formula is C10H19O2. The molecule has 0 heterocycles. The summed E-state index contributed by atoms with van der Waals surface area (Å²) in [7, 11) is 0. The summed E-state index contributed by atoms with van der Waals surface area (Å²) >= 11 is 0. The van der Waals surface area contributed by atoms with Crippen LogP contribution in [0.15, 0.2) is 0 Å². The maximum Gasteiger partial charge on any atom is 0.417 e. The summed E-state index contributed by atoms with van der Waals surface area (Å²) in [4.78, 5) is 9.89. The summed E-state index contributed by atoms with van der Waals surface area (Å²) in [5, 5.41) is 0. The fourth-order valence-electron chi connectivity index (χ4n) is 1.29. The van der Waals surface area contributed by atoms with Gasteiger partial charge in [0.05, 0.1) is 6.10 Å². The van der Waals surface area contributed by atoms with Gasteiger partial charge in [-0.25, -0.2) is 4.79 Å². The minimum atomic E-state index is 0.00602. The highest BCUT2D eigenvalue weighted by Gasteiger charge is 2.14. The van der Waals surface area contributed by atoms with Crippen molar-refractivity contribution in [3.63, 3.8) is 0 Å². The summed E-state index contributed by atoms with van der Waals surface area (Å²) in [6.07, 6.45) is 2.12. The first-order chi connectivity index (χ1) is 5.61. The van der Waals surface area contributed by atoms with Crippen molar-refractivity contribution in [1.82, 2.24) is 0 Å². The molecule has 12 heavy (non-hydrogen) atoms. The third kappa shape index (κ3) is 4.37. The topological polar surface area (TPSA) is 26.3 Å². The summed E-state index contributed by atoms with van der Waals surface area (Å²) in [6, 6.07) is 0. The molecule has 0 aromatic rings. The molecule has 1 radical (unpaired) electrons. The van der Waals surface area contributed by atoms with Gasteiger partial charge in [0.25, 0.3) is 0 Å². The smallest absolute Gasteiger partial charge is 0.417 e. The van der Waals surface area contributed by atoms with Gasteiger partial charge in [-0.15, -0.1) is 0 Å². The van der Waals surface area contributed by atoms with Gasteiger partial charge in [0.15, 0.2) is 0 Å². The van der Waals surface area contributed by atoms with Crippen LogP contribution in [0.3, 0.4) is 0 Å². The molecule has 0 amide bonds. The first-order valence-electron chi connectivity index (χ1n) is 4.64. The van der Waals surface area contributed by atoms with Crippen molar-refractivity contribution in [2.45, 2.75) is 46.6 Å². The van der Waals surface area contributed by atoms with E-state index in [-0.39, 0.29) is 6.10 Å². The van der Waals surface area contributed by atoms with Crippen LogP contribution in [0.5, 0.6) is 0 Å². The molecule has 0 aromatic heterocycles. The Balaban J connectivity index is 3.66. The van der Waals surface area contributed by atoms with Crippen molar-refractivity contribution in [2.75, 3.05) is 0 Å². The number of hydrogen-bond donors (Lipinski definition) is 0. The van der Waals surface area contributed by atoms with E-state index in [2.05, 4.69) is 20.8 Å². The molecule has 0 aromatic carbocycles. The fraction of sp³-hybridized carbons (Fsp3) is 0.900. The SMILES string of the molecule is CCC(C)C(C)CC(C)O[C]=O. The lowest BCUT2D eigenvalue weighted by Gasteiger charge is -2.20. The Bertz CT molecular complexity index is 123. The van der Waals surface area contributed by atoms with Gasteiger partial charge < -0.3 is 4.74 Å². The minimum absolute atomic E-state index is 0.00602. The predicted molar refractivity (Wildman–Crippen MR) is 49.5 cm³/mol. The molecule has 0 spiro atoms. The van der Waals surface area contributed by atoms with E-state index in [9.17, 15) is 4.79 Å². The van der Waals surface area contributed by atoms with E-state index < -0.39 is 0 Å². The van der Waals surface area contributed by atoms with Gasteiger partial charge in [-0.2, -0.15) is 0 Å². The van der Waals surface area contributed by atoms with Crippen molar-refractivity contribution in [1.29, 1.82) is 0 Å². The Morgan fingerprint density at radius 2 is 1.83 bits per heavy atom. The normalized spacial score (nSPS) is 18.0. The predicted octanol–water partition coefficient (Wildman–Crippen LogP) is 2.53. The number of rotatable bonds is 6. The van der Waals surface area contributed by atoms with E-state index >= 15 is 0 Å². The van der Waals surface area contributed by atoms with Crippen molar-refractivity contribution >= 4 is 6.47 Å². The van der Waals surface area contributed by atoms with Gasteiger partial charge >= 0.3 is 6.47 Å². The Labute approximate surface area is 75.3 Å². The Hall–Kier alpha value is -0.530. The van der Waals surface area contributed by atoms with E-state index in [0.29, 0.717) is 11.8 Å². The molecule has 0 N–H and O–H groups in total. The van der Waals surface area contributed by atoms with Crippen LogP contribution in [-0.4, -0.2) is 12.6 Å². The molecule has 3 atom stereocenters. The standard InChI is InChI=1S/C10H19O2/c1-5-8(2)9(3)6-10(4)12-7-11/h8-10H,5-6H2,1-4H3. The maximum atomic E-state index is 9.89. The molecule has 0 aliphatic heterocycles. The first kappa shape index (κ1) is 11.5. The van der Waals surface area contributed by atoms with Crippen molar-refractivity contribution in [3.8, 4) is 0 Å². The van der Waals surface area contributed by atoms with Crippen molar-refractivity contribution < 1.29 is 9.53 Å². The number of carbonyl (C=O) groups excluding carboxylic acids is 1.